The van der Waals surface area contributed by atoms with Crippen LogP contribution >= 0.6 is 0 Å². The Balaban J connectivity index is 2.94. The molecule has 1 aromatic heterocycles. The maximum Gasteiger partial charge on any atom is 0.321 e. The van der Waals surface area contributed by atoms with Crippen molar-refractivity contribution < 1.29 is 17.9 Å². The van der Waals surface area contributed by atoms with Gasteiger partial charge in [-0.2, -0.15) is 9.40 Å². The van der Waals surface area contributed by atoms with Crippen molar-refractivity contribution in [2.75, 3.05) is 20.2 Å². The number of aromatic nitrogens is 2. The van der Waals surface area contributed by atoms with Crippen molar-refractivity contribution in [3.63, 3.8) is 0 Å². The van der Waals surface area contributed by atoms with Crippen LogP contribution in [0.25, 0.3) is 0 Å². The molecule has 1 N–H and O–H groups in total. The molecule has 0 unspecified atom stereocenters. The van der Waals surface area contributed by atoms with Gasteiger partial charge in [-0.05, 0) is 12.5 Å². The number of H-pyrrole nitrogens is 1. The first-order valence-corrected chi connectivity index (χ1v) is 6.52. The molecule has 8 heteroatoms. The lowest BCUT2D eigenvalue weighted by Gasteiger charge is -2.18. The van der Waals surface area contributed by atoms with Gasteiger partial charge in [0.25, 0.3) is 10.0 Å². The van der Waals surface area contributed by atoms with Crippen molar-refractivity contribution in [1.29, 1.82) is 0 Å². The highest BCUT2D eigenvalue weighted by Crippen LogP contribution is 2.12. The lowest BCUT2D eigenvalue weighted by molar-refractivity contribution is -0.140. The molecule has 0 saturated carbocycles. The van der Waals surface area contributed by atoms with Crippen LogP contribution in [0.2, 0.25) is 0 Å². The number of carbonyl (C=O) groups is 1. The Labute approximate surface area is 99.8 Å². The molecule has 0 saturated heterocycles. The summed E-state index contributed by atoms with van der Waals surface area (Å²) in [5.41, 5.74) is 0. The molecule has 7 nitrogen and oxygen atoms in total. The number of hydrogen-bond acceptors (Lipinski definition) is 5. The molecule has 0 spiro atoms. The van der Waals surface area contributed by atoms with Gasteiger partial charge < -0.3 is 4.74 Å². The second kappa shape index (κ2) is 5.78. The maximum absolute atomic E-state index is 12.1. The van der Waals surface area contributed by atoms with Gasteiger partial charge in [0.15, 0.2) is 5.03 Å². The average Bonchev–Trinajstić information content (AvgIpc) is 2.82. The Kier molecular flexibility index (Phi) is 4.64. The van der Waals surface area contributed by atoms with Gasteiger partial charge in [0.2, 0.25) is 0 Å². The smallest absolute Gasteiger partial charge is 0.321 e. The summed E-state index contributed by atoms with van der Waals surface area (Å²) in [5.74, 6) is -0.596. The van der Waals surface area contributed by atoms with Gasteiger partial charge in [-0.15, -0.1) is 0 Å². The standard InChI is InChI=1S/C9H15N3O4S/c1-3-6-12(7-9(13)16-2)17(14,15)8-4-5-10-11-8/h4-5H,3,6-7H2,1-2H3,(H,10,11). The lowest BCUT2D eigenvalue weighted by atomic mass is 10.5. The first-order chi connectivity index (χ1) is 8.02. The van der Waals surface area contributed by atoms with Crippen molar-refractivity contribution in [2.24, 2.45) is 0 Å². The number of nitrogens with one attached hydrogen (secondary N) is 1. The monoisotopic (exact) mass is 261 g/mol. The minimum Gasteiger partial charge on any atom is -0.468 e. The number of ether oxygens (including phenoxy) is 1. The SMILES string of the molecule is CCCN(CC(=O)OC)S(=O)(=O)c1ccn[nH]1. The van der Waals surface area contributed by atoms with E-state index in [1.165, 1.54) is 19.4 Å². The Morgan fingerprint density at radius 1 is 1.59 bits per heavy atom. The lowest BCUT2D eigenvalue weighted by Crippen LogP contribution is -2.37. The Bertz CT molecular complexity index is 455. The van der Waals surface area contributed by atoms with E-state index in [1.54, 1.807) is 0 Å². The van der Waals surface area contributed by atoms with E-state index in [4.69, 9.17) is 0 Å². The third kappa shape index (κ3) is 3.27. The number of nitrogens with zero attached hydrogens (tertiary/aromatic N) is 2. The summed E-state index contributed by atoms with van der Waals surface area (Å²) < 4.78 is 29.7. The van der Waals surface area contributed by atoms with Gasteiger partial charge in [0.1, 0.15) is 6.54 Å². The molecule has 0 aliphatic heterocycles. The van der Waals surface area contributed by atoms with Crippen LogP contribution in [-0.2, 0) is 19.6 Å². The minimum atomic E-state index is -3.71. The summed E-state index contributed by atoms with van der Waals surface area (Å²) in [6.45, 7) is 1.77. The molecule has 1 rings (SSSR count). The van der Waals surface area contributed by atoms with Crippen LogP contribution < -0.4 is 0 Å². The maximum atomic E-state index is 12.1. The van der Waals surface area contributed by atoms with Crippen LogP contribution in [0.3, 0.4) is 0 Å². The first-order valence-electron chi connectivity index (χ1n) is 5.08. The summed E-state index contributed by atoms with van der Waals surface area (Å²) in [4.78, 5) is 11.2. The highest BCUT2D eigenvalue weighted by molar-refractivity contribution is 7.89. The van der Waals surface area contributed by atoms with E-state index in [0.717, 1.165) is 4.31 Å². The molecule has 0 bridgehead atoms. The van der Waals surface area contributed by atoms with Gasteiger partial charge >= 0.3 is 5.97 Å². The van der Waals surface area contributed by atoms with Gasteiger partial charge in [-0.1, -0.05) is 6.92 Å². The third-order valence-electron chi connectivity index (χ3n) is 2.10. The average molecular weight is 261 g/mol. The molecule has 0 fully saturated rings. The number of sulfonamides is 1. The van der Waals surface area contributed by atoms with Crippen LogP contribution in [0.5, 0.6) is 0 Å². The van der Waals surface area contributed by atoms with Crippen LogP contribution in [0.15, 0.2) is 17.3 Å². The highest BCUT2D eigenvalue weighted by Gasteiger charge is 2.27. The van der Waals surface area contributed by atoms with Crippen LogP contribution in [0, 0.1) is 0 Å². The Hall–Kier alpha value is -1.41. The number of aromatic amines is 1. The van der Waals surface area contributed by atoms with Crippen molar-refractivity contribution in [3.05, 3.63) is 12.3 Å². The molecule has 0 atom stereocenters. The summed E-state index contributed by atoms with van der Waals surface area (Å²) in [6, 6.07) is 1.34. The van der Waals surface area contributed by atoms with Crippen molar-refractivity contribution in [3.8, 4) is 0 Å². The van der Waals surface area contributed by atoms with E-state index in [1.807, 2.05) is 6.92 Å². The van der Waals surface area contributed by atoms with Gasteiger partial charge in [-0.25, -0.2) is 8.42 Å². The predicted octanol–water partition coefficient (Wildman–Crippen LogP) is -0.0166. The summed E-state index contributed by atoms with van der Waals surface area (Å²) in [6.07, 6.45) is 1.94. The van der Waals surface area contributed by atoms with E-state index >= 15 is 0 Å². The summed E-state index contributed by atoms with van der Waals surface area (Å²) >= 11 is 0. The zero-order valence-electron chi connectivity index (χ0n) is 9.71. The van der Waals surface area contributed by atoms with E-state index in [2.05, 4.69) is 14.9 Å². The summed E-state index contributed by atoms with van der Waals surface area (Å²) in [7, 11) is -2.49. The van der Waals surface area contributed by atoms with Crippen LogP contribution in [-0.4, -0.2) is 49.1 Å². The molecule has 1 heterocycles. The fourth-order valence-electron chi connectivity index (χ4n) is 1.27. The quantitative estimate of drug-likeness (QED) is 0.727. The Morgan fingerprint density at radius 3 is 2.76 bits per heavy atom. The molecule has 0 aliphatic rings. The normalized spacial score (nSPS) is 11.7. The molecule has 1 aromatic rings. The third-order valence-corrected chi connectivity index (χ3v) is 3.87. The van der Waals surface area contributed by atoms with E-state index in [9.17, 15) is 13.2 Å². The molecular weight excluding hydrogens is 246 g/mol. The number of methoxy groups -OCH3 is 1. The fraction of sp³-hybridized carbons (Fsp3) is 0.556. The van der Waals surface area contributed by atoms with Gasteiger partial charge in [0.05, 0.1) is 13.3 Å². The molecule has 0 aromatic carbocycles. The molecule has 0 amide bonds. The number of rotatable bonds is 6. The molecule has 96 valence electrons. The van der Waals surface area contributed by atoms with Crippen molar-refractivity contribution in [2.45, 2.75) is 18.4 Å². The zero-order valence-corrected chi connectivity index (χ0v) is 10.5. The second-order valence-electron chi connectivity index (χ2n) is 3.34. The van der Waals surface area contributed by atoms with Crippen molar-refractivity contribution >= 4 is 16.0 Å². The van der Waals surface area contributed by atoms with Crippen LogP contribution in [0.1, 0.15) is 13.3 Å². The minimum absolute atomic E-state index is 0.0325. The van der Waals surface area contributed by atoms with E-state index in [0.29, 0.717) is 6.42 Å². The summed E-state index contributed by atoms with van der Waals surface area (Å²) in [5, 5.41) is 5.93. The number of hydrogen-bond donors (Lipinski definition) is 1. The molecule has 17 heavy (non-hydrogen) atoms. The Morgan fingerprint density at radius 2 is 2.29 bits per heavy atom. The van der Waals surface area contributed by atoms with E-state index in [-0.39, 0.29) is 18.1 Å². The second-order valence-corrected chi connectivity index (χ2v) is 5.24. The molecule has 0 radical (unpaired) electrons. The molecule has 0 aliphatic carbocycles. The van der Waals surface area contributed by atoms with Gasteiger partial charge in [0, 0.05) is 6.54 Å². The van der Waals surface area contributed by atoms with Crippen LogP contribution in [0.4, 0.5) is 0 Å². The molecular formula is C9H15N3O4S. The first kappa shape index (κ1) is 13.7. The van der Waals surface area contributed by atoms with Crippen molar-refractivity contribution in [1.82, 2.24) is 14.5 Å². The fourth-order valence-corrected chi connectivity index (χ4v) is 2.65. The van der Waals surface area contributed by atoms with Gasteiger partial charge in [-0.3, -0.25) is 9.89 Å². The topological polar surface area (TPSA) is 92.4 Å². The van der Waals surface area contributed by atoms with E-state index < -0.39 is 16.0 Å². The zero-order chi connectivity index (χ0) is 12.9. The predicted molar refractivity (Wildman–Crippen MR) is 59.7 cm³/mol. The number of carbonyl (C=O) groups excluding carboxylic acids is 1. The largest absolute Gasteiger partial charge is 0.468 e. The number of esters is 1. The highest BCUT2D eigenvalue weighted by atomic mass is 32.2.